The Morgan fingerprint density at radius 1 is 0.321 bits per heavy atom. The van der Waals surface area contributed by atoms with Crippen molar-refractivity contribution in [2.45, 2.75) is 40.5 Å². The van der Waals surface area contributed by atoms with E-state index in [-0.39, 0.29) is 0 Å². The number of rotatable bonds is 26. The van der Waals surface area contributed by atoms with Crippen LogP contribution >= 0.6 is 0 Å². The van der Waals surface area contributed by atoms with Crippen LogP contribution in [0.3, 0.4) is 0 Å². The van der Waals surface area contributed by atoms with Crippen molar-refractivity contribution in [2.24, 2.45) is 11.8 Å². The summed E-state index contributed by atoms with van der Waals surface area (Å²) in [6.07, 6.45) is 10.5. The molecule has 4 rings (SSSR count). The SMILES string of the molecule is CC(C)CCOc1ccc(/C=C/c2ccc(OCCOCCOCCOCCOc3ccc(/C=C/c4ccc(OCCC(C)C)cc4)cc3)cc2)cc1. The Morgan fingerprint density at radius 3 is 0.792 bits per heavy atom. The van der Waals surface area contributed by atoms with Gasteiger partial charge in [0, 0.05) is 0 Å². The zero-order valence-corrected chi connectivity index (χ0v) is 32.0. The van der Waals surface area contributed by atoms with E-state index in [1.54, 1.807) is 0 Å². The van der Waals surface area contributed by atoms with E-state index >= 15 is 0 Å². The lowest BCUT2D eigenvalue weighted by Crippen LogP contribution is -2.14. The van der Waals surface area contributed by atoms with E-state index in [1.807, 2.05) is 72.8 Å². The van der Waals surface area contributed by atoms with Gasteiger partial charge < -0.3 is 33.2 Å². The van der Waals surface area contributed by atoms with Crippen molar-refractivity contribution in [1.29, 1.82) is 0 Å². The maximum Gasteiger partial charge on any atom is 0.119 e. The van der Waals surface area contributed by atoms with Gasteiger partial charge in [0.1, 0.15) is 36.2 Å². The highest BCUT2D eigenvalue weighted by Crippen LogP contribution is 2.19. The molecule has 0 unspecified atom stereocenters. The molecular weight excluding hydrogens is 664 g/mol. The number of benzene rings is 4. The highest BCUT2D eigenvalue weighted by atomic mass is 16.6. The minimum absolute atomic E-state index is 0.479. The largest absolute Gasteiger partial charge is 0.494 e. The molecule has 0 aliphatic heterocycles. The van der Waals surface area contributed by atoms with Gasteiger partial charge in [0.25, 0.3) is 0 Å². The van der Waals surface area contributed by atoms with E-state index in [0.29, 0.717) is 64.7 Å². The van der Waals surface area contributed by atoms with Gasteiger partial charge in [0.2, 0.25) is 0 Å². The molecule has 0 bridgehead atoms. The molecule has 0 saturated carbocycles. The van der Waals surface area contributed by atoms with Gasteiger partial charge in [-0.3, -0.25) is 0 Å². The van der Waals surface area contributed by atoms with Crippen molar-refractivity contribution in [3.05, 3.63) is 119 Å². The lowest BCUT2D eigenvalue weighted by molar-refractivity contribution is 0.00499. The van der Waals surface area contributed by atoms with E-state index in [4.69, 9.17) is 33.2 Å². The summed E-state index contributed by atoms with van der Waals surface area (Å²) in [6, 6.07) is 32.4. The molecule has 4 aromatic carbocycles. The Bertz CT molecular complexity index is 1450. The van der Waals surface area contributed by atoms with Crippen LogP contribution in [0.25, 0.3) is 24.3 Å². The van der Waals surface area contributed by atoms with E-state index in [1.165, 1.54) is 0 Å². The zero-order valence-electron chi connectivity index (χ0n) is 32.0. The first-order valence-electron chi connectivity index (χ1n) is 18.9. The van der Waals surface area contributed by atoms with E-state index < -0.39 is 0 Å². The summed E-state index contributed by atoms with van der Waals surface area (Å²) in [7, 11) is 0. The lowest BCUT2D eigenvalue weighted by Gasteiger charge is -2.09. The van der Waals surface area contributed by atoms with Crippen LogP contribution in [0.5, 0.6) is 23.0 Å². The Kier molecular flexibility index (Phi) is 19.2. The molecule has 0 aliphatic carbocycles. The van der Waals surface area contributed by atoms with Crippen molar-refractivity contribution in [1.82, 2.24) is 0 Å². The maximum atomic E-state index is 5.81. The average Bonchev–Trinajstić information content (AvgIpc) is 3.16. The van der Waals surface area contributed by atoms with Crippen molar-refractivity contribution in [3.63, 3.8) is 0 Å². The highest BCUT2D eigenvalue weighted by molar-refractivity contribution is 5.71. The predicted molar refractivity (Wildman–Crippen MR) is 217 cm³/mol. The number of hydrogen-bond donors (Lipinski definition) is 0. The van der Waals surface area contributed by atoms with Gasteiger partial charge in [-0.15, -0.1) is 0 Å². The highest BCUT2D eigenvalue weighted by Gasteiger charge is 2.00. The zero-order chi connectivity index (χ0) is 37.4. The number of ether oxygens (including phenoxy) is 7. The molecule has 0 N–H and O–H groups in total. The summed E-state index contributed by atoms with van der Waals surface area (Å²) >= 11 is 0. The van der Waals surface area contributed by atoms with Crippen molar-refractivity contribution in [2.75, 3.05) is 66.1 Å². The van der Waals surface area contributed by atoms with Gasteiger partial charge in [-0.2, -0.15) is 0 Å². The molecule has 0 amide bonds. The molecule has 4 aromatic rings. The molecule has 0 atom stereocenters. The molecule has 7 heteroatoms. The van der Waals surface area contributed by atoms with Crippen LogP contribution in [0.4, 0.5) is 0 Å². The normalized spacial score (nSPS) is 11.6. The molecule has 284 valence electrons. The van der Waals surface area contributed by atoms with Crippen LogP contribution in [0.15, 0.2) is 97.1 Å². The average molecular weight is 723 g/mol. The Morgan fingerprint density at radius 2 is 0.547 bits per heavy atom. The predicted octanol–water partition coefficient (Wildman–Crippen LogP) is 10.4. The molecule has 0 spiro atoms. The first kappa shape index (κ1) is 41.2. The molecule has 0 saturated heterocycles. The molecule has 0 aliphatic rings. The van der Waals surface area contributed by atoms with Crippen molar-refractivity contribution >= 4 is 24.3 Å². The lowest BCUT2D eigenvalue weighted by atomic mass is 10.1. The number of hydrogen-bond acceptors (Lipinski definition) is 7. The molecule has 7 nitrogen and oxygen atoms in total. The van der Waals surface area contributed by atoms with Gasteiger partial charge in [0.05, 0.1) is 52.9 Å². The van der Waals surface area contributed by atoms with Crippen LogP contribution < -0.4 is 18.9 Å². The third-order valence-electron chi connectivity index (χ3n) is 8.12. The van der Waals surface area contributed by atoms with Gasteiger partial charge >= 0.3 is 0 Å². The summed E-state index contributed by atoms with van der Waals surface area (Å²) in [6.45, 7) is 14.3. The minimum atomic E-state index is 0.479. The fraction of sp³-hybridized carbons (Fsp3) is 0.391. The summed E-state index contributed by atoms with van der Waals surface area (Å²) in [5.41, 5.74) is 4.47. The fourth-order valence-electron chi connectivity index (χ4n) is 4.89. The third-order valence-corrected chi connectivity index (χ3v) is 8.12. The Hall–Kier alpha value is -4.56. The van der Waals surface area contributed by atoms with Gasteiger partial charge in [0.15, 0.2) is 0 Å². The van der Waals surface area contributed by atoms with E-state index in [0.717, 1.165) is 71.3 Å². The van der Waals surface area contributed by atoms with Crippen LogP contribution in [0, 0.1) is 11.8 Å². The Balaban J connectivity index is 0.955. The summed E-state index contributed by atoms with van der Waals surface area (Å²) < 4.78 is 40.1. The van der Waals surface area contributed by atoms with Crippen LogP contribution in [-0.4, -0.2) is 66.1 Å². The molecule has 0 aromatic heterocycles. The second kappa shape index (κ2) is 24.6. The summed E-state index contributed by atoms with van der Waals surface area (Å²) in [4.78, 5) is 0. The molecular formula is C46H58O7. The summed E-state index contributed by atoms with van der Waals surface area (Å²) in [5, 5.41) is 0. The first-order chi connectivity index (χ1) is 25.9. The standard InChI is InChI=1S/C46H58O7/c1-37(2)25-27-50-43-17-9-39(10-18-43)5-7-41-13-21-45(22-14-41)52-35-33-48-31-29-47-30-32-49-34-36-53-46-23-15-42(16-24-46)8-6-40-11-19-44(20-12-40)51-28-26-38(3)4/h5-24,37-38H,25-36H2,1-4H3/b7-5+,8-6+. The summed E-state index contributed by atoms with van der Waals surface area (Å²) in [5.74, 6) is 4.74. The smallest absolute Gasteiger partial charge is 0.119 e. The van der Waals surface area contributed by atoms with Crippen LogP contribution in [-0.2, 0) is 14.2 Å². The second-order valence-corrected chi connectivity index (χ2v) is 13.5. The fourth-order valence-corrected chi connectivity index (χ4v) is 4.89. The third kappa shape index (κ3) is 18.2. The van der Waals surface area contributed by atoms with Gasteiger partial charge in [-0.05, 0) is 95.5 Å². The van der Waals surface area contributed by atoms with Crippen molar-refractivity contribution < 1.29 is 33.2 Å². The van der Waals surface area contributed by atoms with Crippen molar-refractivity contribution in [3.8, 4) is 23.0 Å². The van der Waals surface area contributed by atoms with Gasteiger partial charge in [-0.25, -0.2) is 0 Å². The van der Waals surface area contributed by atoms with E-state index in [2.05, 4.69) is 76.3 Å². The van der Waals surface area contributed by atoms with Crippen LogP contribution in [0.2, 0.25) is 0 Å². The van der Waals surface area contributed by atoms with E-state index in [9.17, 15) is 0 Å². The molecule has 0 radical (unpaired) electrons. The molecule has 53 heavy (non-hydrogen) atoms. The Labute approximate surface area is 317 Å². The minimum Gasteiger partial charge on any atom is -0.494 e. The van der Waals surface area contributed by atoms with Crippen LogP contribution in [0.1, 0.15) is 62.8 Å². The second-order valence-electron chi connectivity index (χ2n) is 13.5. The molecule has 0 heterocycles. The monoisotopic (exact) mass is 722 g/mol. The maximum absolute atomic E-state index is 5.81. The topological polar surface area (TPSA) is 64.6 Å². The molecule has 0 fully saturated rings. The van der Waals surface area contributed by atoms with Gasteiger partial charge in [-0.1, -0.05) is 101 Å². The quantitative estimate of drug-likeness (QED) is 0.0472. The first-order valence-corrected chi connectivity index (χ1v) is 18.9.